The molecule has 0 atom stereocenters. The van der Waals surface area contributed by atoms with Gasteiger partial charge in [0.15, 0.2) is 0 Å². The summed E-state index contributed by atoms with van der Waals surface area (Å²) in [4.78, 5) is 11.2. The molecule has 0 bridgehead atoms. The normalized spacial score (nSPS) is 10.0. The summed E-state index contributed by atoms with van der Waals surface area (Å²) in [6.45, 7) is 3.51. The molecule has 0 spiro atoms. The first-order valence-corrected chi connectivity index (χ1v) is 4.30. The van der Waals surface area contributed by atoms with Crippen LogP contribution in [0.1, 0.15) is 22.8 Å². The van der Waals surface area contributed by atoms with E-state index in [1.54, 1.807) is 6.92 Å². The Morgan fingerprint density at radius 3 is 2.64 bits per heavy atom. The second kappa shape index (κ2) is 4.17. The van der Waals surface area contributed by atoms with E-state index < -0.39 is 23.1 Å². The van der Waals surface area contributed by atoms with Gasteiger partial charge in [-0.05, 0) is 25.5 Å². The van der Waals surface area contributed by atoms with Crippen molar-refractivity contribution >= 4 is 5.91 Å². The highest BCUT2D eigenvalue weighted by Crippen LogP contribution is 2.15. The summed E-state index contributed by atoms with van der Waals surface area (Å²) in [5, 5.41) is 2.35. The van der Waals surface area contributed by atoms with Crippen LogP contribution in [0.5, 0.6) is 0 Å². The fraction of sp³-hybridized carbons (Fsp3) is 0.300. The number of hydrogen-bond donors (Lipinski definition) is 1. The molecule has 0 saturated carbocycles. The zero-order valence-electron chi connectivity index (χ0n) is 8.03. The first-order valence-electron chi connectivity index (χ1n) is 4.30. The Hall–Kier alpha value is -1.45. The topological polar surface area (TPSA) is 29.1 Å². The number of hydrogen-bond acceptors (Lipinski definition) is 1. The largest absolute Gasteiger partial charge is 0.352 e. The van der Waals surface area contributed by atoms with E-state index in [4.69, 9.17) is 0 Å². The first kappa shape index (κ1) is 10.6. The summed E-state index contributed by atoms with van der Waals surface area (Å²) in [6, 6.07) is 2.39. The van der Waals surface area contributed by atoms with Gasteiger partial charge < -0.3 is 5.32 Å². The van der Waals surface area contributed by atoms with Gasteiger partial charge in [0.05, 0.1) is 0 Å². The minimum atomic E-state index is -0.834. The van der Waals surface area contributed by atoms with E-state index in [0.29, 0.717) is 6.54 Å². The van der Waals surface area contributed by atoms with Gasteiger partial charge in [0.2, 0.25) is 0 Å². The van der Waals surface area contributed by atoms with Gasteiger partial charge in [-0.25, -0.2) is 8.78 Å². The molecule has 0 aromatic heterocycles. The van der Waals surface area contributed by atoms with Crippen LogP contribution in [0.25, 0.3) is 0 Å². The standard InChI is InChI=1S/C10H11F2NO/c1-3-13-10(14)8-7(11)5-4-6(2)9(8)12/h4-5H,3H2,1-2H3,(H,13,14). The number of carbonyl (C=O) groups excluding carboxylic acids is 1. The molecule has 4 heteroatoms. The molecule has 0 aliphatic heterocycles. The van der Waals surface area contributed by atoms with Crippen LogP contribution < -0.4 is 5.32 Å². The molecule has 0 unspecified atom stereocenters. The Morgan fingerprint density at radius 2 is 2.07 bits per heavy atom. The van der Waals surface area contributed by atoms with Crippen molar-refractivity contribution in [1.82, 2.24) is 5.32 Å². The number of benzene rings is 1. The maximum Gasteiger partial charge on any atom is 0.257 e. The van der Waals surface area contributed by atoms with Crippen molar-refractivity contribution in [1.29, 1.82) is 0 Å². The number of halogens is 2. The summed E-state index contributed by atoms with van der Waals surface area (Å²) in [5.41, 5.74) is -0.250. The van der Waals surface area contributed by atoms with E-state index in [0.717, 1.165) is 6.07 Å². The van der Waals surface area contributed by atoms with E-state index in [2.05, 4.69) is 5.32 Å². The van der Waals surface area contributed by atoms with Crippen molar-refractivity contribution in [2.75, 3.05) is 6.54 Å². The first-order chi connectivity index (χ1) is 6.57. The van der Waals surface area contributed by atoms with E-state index in [9.17, 15) is 13.6 Å². The summed E-state index contributed by atoms with van der Waals surface area (Å²) in [5.74, 6) is -2.35. The SMILES string of the molecule is CCNC(=O)c1c(F)ccc(C)c1F. The second-order valence-corrected chi connectivity index (χ2v) is 2.91. The number of rotatable bonds is 2. The van der Waals surface area contributed by atoms with Crippen LogP contribution in [-0.2, 0) is 0 Å². The van der Waals surface area contributed by atoms with Crippen molar-refractivity contribution in [3.63, 3.8) is 0 Å². The van der Waals surface area contributed by atoms with Gasteiger partial charge in [0.1, 0.15) is 17.2 Å². The predicted octanol–water partition coefficient (Wildman–Crippen LogP) is 2.02. The summed E-state index contributed by atoms with van der Waals surface area (Å²) in [7, 11) is 0. The second-order valence-electron chi connectivity index (χ2n) is 2.91. The minimum absolute atomic E-state index is 0.257. The van der Waals surface area contributed by atoms with Crippen LogP contribution in [0, 0.1) is 18.6 Å². The third-order valence-electron chi connectivity index (χ3n) is 1.85. The average molecular weight is 199 g/mol. The zero-order chi connectivity index (χ0) is 10.7. The monoisotopic (exact) mass is 199 g/mol. The lowest BCUT2D eigenvalue weighted by Crippen LogP contribution is -2.25. The molecular weight excluding hydrogens is 188 g/mol. The molecular formula is C10H11F2NO. The predicted molar refractivity (Wildman–Crippen MR) is 49.1 cm³/mol. The Balaban J connectivity index is 3.18. The maximum absolute atomic E-state index is 13.3. The summed E-state index contributed by atoms with van der Waals surface area (Å²) < 4.78 is 26.4. The van der Waals surface area contributed by atoms with Gasteiger partial charge in [-0.3, -0.25) is 4.79 Å². The molecule has 76 valence electrons. The van der Waals surface area contributed by atoms with Crippen LogP contribution in [-0.4, -0.2) is 12.5 Å². The fourth-order valence-electron chi connectivity index (χ4n) is 1.11. The highest BCUT2D eigenvalue weighted by Gasteiger charge is 2.17. The molecule has 0 saturated heterocycles. The van der Waals surface area contributed by atoms with E-state index in [1.807, 2.05) is 0 Å². The zero-order valence-corrected chi connectivity index (χ0v) is 8.03. The Labute approximate surface area is 80.9 Å². The van der Waals surface area contributed by atoms with Gasteiger partial charge in [-0.1, -0.05) is 6.07 Å². The molecule has 14 heavy (non-hydrogen) atoms. The molecule has 0 heterocycles. The van der Waals surface area contributed by atoms with Crippen molar-refractivity contribution in [3.8, 4) is 0 Å². The van der Waals surface area contributed by atoms with Crippen molar-refractivity contribution in [2.24, 2.45) is 0 Å². The van der Waals surface area contributed by atoms with Crippen LogP contribution in [0.4, 0.5) is 8.78 Å². The smallest absolute Gasteiger partial charge is 0.257 e. The Kier molecular flexibility index (Phi) is 3.17. The average Bonchev–Trinajstić information content (AvgIpc) is 2.13. The highest BCUT2D eigenvalue weighted by atomic mass is 19.1. The minimum Gasteiger partial charge on any atom is -0.352 e. The third-order valence-corrected chi connectivity index (χ3v) is 1.85. The molecule has 1 aromatic rings. The van der Waals surface area contributed by atoms with Gasteiger partial charge in [-0.2, -0.15) is 0 Å². The fourth-order valence-corrected chi connectivity index (χ4v) is 1.11. The molecule has 1 N–H and O–H groups in total. The molecule has 0 radical (unpaired) electrons. The number of carbonyl (C=O) groups is 1. The lowest BCUT2D eigenvalue weighted by molar-refractivity contribution is 0.0947. The number of amides is 1. The van der Waals surface area contributed by atoms with Gasteiger partial charge in [0.25, 0.3) is 5.91 Å². The highest BCUT2D eigenvalue weighted by molar-refractivity contribution is 5.94. The molecule has 2 nitrogen and oxygen atoms in total. The van der Waals surface area contributed by atoms with Crippen molar-refractivity contribution < 1.29 is 13.6 Å². The molecule has 0 aliphatic rings. The van der Waals surface area contributed by atoms with Gasteiger partial charge in [0, 0.05) is 6.54 Å². The molecule has 1 amide bonds. The van der Waals surface area contributed by atoms with Gasteiger partial charge >= 0.3 is 0 Å². The van der Waals surface area contributed by atoms with E-state index in [-0.39, 0.29) is 5.56 Å². The van der Waals surface area contributed by atoms with Crippen molar-refractivity contribution in [3.05, 3.63) is 34.9 Å². The summed E-state index contributed by atoms with van der Waals surface area (Å²) in [6.07, 6.45) is 0. The van der Waals surface area contributed by atoms with Crippen LogP contribution in [0.2, 0.25) is 0 Å². The van der Waals surface area contributed by atoms with Crippen LogP contribution in [0.3, 0.4) is 0 Å². The summed E-state index contributed by atoms with van der Waals surface area (Å²) >= 11 is 0. The lowest BCUT2D eigenvalue weighted by atomic mass is 10.1. The third kappa shape index (κ3) is 1.89. The molecule has 1 rings (SSSR count). The molecule has 0 aliphatic carbocycles. The number of aryl methyl sites for hydroxylation is 1. The van der Waals surface area contributed by atoms with E-state index in [1.165, 1.54) is 13.0 Å². The molecule has 0 fully saturated rings. The van der Waals surface area contributed by atoms with Crippen LogP contribution >= 0.6 is 0 Å². The van der Waals surface area contributed by atoms with E-state index >= 15 is 0 Å². The Morgan fingerprint density at radius 1 is 1.43 bits per heavy atom. The maximum atomic E-state index is 13.3. The molecule has 1 aromatic carbocycles. The van der Waals surface area contributed by atoms with Crippen molar-refractivity contribution in [2.45, 2.75) is 13.8 Å². The van der Waals surface area contributed by atoms with Gasteiger partial charge in [-0.15, -0.1) is 0 Å². The quantitative estimate of drug-likeness (QED) is 0.775. The number of nitrogens with one attached hydrogen (secondary N) is 1. The lowest BCUT2D eigenvalue weighted by Gasteiger charge is -2.06. The van der Waals surface area contributed by atoms with Crippen LogP contribution in [0.15, 0.2) is 12.1 Å². The Bertz CT molecular complexity index is 363.